The van der Waals surface area contributed by atoms with Crippen molar-refractivity contribution in [2.45, 2.75) is 24.7 Å². The van der Waals surface area contributed by atoms with Gasteiger partial charge in [-0.3, -0.25) is 9.59 Å². The summed E-state index contributed by atoms with van der Waals surface area (Å²) in [5, 5.41) is 8.05. The Labute approximate surface area is 163 Å². The summed E-state index contributed by atoms with van der Waals surface area (Å²) in [5.41, 5.74) is 1.55. The third kappa shape index (κ3) is 5.59. The first-order valence-electron chi connectivity index (χ1n) is 8.95. The Hall–Kier alpha value is -2.79. The molecule has 0 bridgehead atoms. The minimum Gasteiger partial charge on any atom is -0.326 e. The number of nitrogens with one attached hydrogen (secondary N) is 2. The van der Waals surface area contributed by atoms with E-state index in [0.29, 0.717) is 12.2 Å². The molecule has 0 spiro atoms. The lowest BCUT2D eigenvalue weighted by Crippen LogP contribution is -2.14. The van der Waals surface area contributed by atoms with Crippen LogP contribution in [0.25, 0.3) is 10.8 Å². The van der Waals surface area contributed by atoms with Crippen LogP contribution in [0.15, 0.2) is 71.6 Å². The van der Waals surface area contributed by atoms with Crippen LogP contribution in [0, 0.1) is 0 Å². The van der Waals surface area contributed by atoms with Crippen molar-refractivity contribution in [3.8, 4) is 0 Å². The number of anilines is 2. The number of carbonyl (C=O) groups excluding carboxylic acids is 2. The first-order chi connectivity index (χ1) is 13.1. The van der Waals surface area contributed by atoms with E-state index in [1.165, 1.54) is 11.8 Å². The Morgan fingerprint density at radius 1 is 0.815 bits per heavy atom. The molecule has 138 valence electrons. The van der Waals surface area contributed by atoms with Gasteiger partial charge < -0.3 is 10.6 Å². The van der Waals surface area contributed by atoms with E-state index in [9.17, 15) is 9.59 Å². The minimum atomic E-state index is -0.0595. The van der Waals surface area contributed by atoms with Crippen molar-refractivity contribution < 1.29 is 9.59 Å². The Morgan fingerprint density at radius 3 is 2.37 bits per heavy atom. The molecule has 3 aromatic rings. The van der Waals surface area contributed by atoms with Crippen LogP contribution in [-0.2, 0) is 9.59 Å². The molecular formula is C22H22N2O2S. The molecule has 0 aliphatic rings. The number of rotatable bonds is 7. The van der Waals surface area contributed by atoms with Crippen molar-refractivity contribution in [2.75, 3.05) is 16.4 Å². The quantitative estimate of drug-likeness (QED) is 0.548. The summed E-state index contributed by atoms with van der Waals surface area (Å²) in [6.45, 7) is 1.97. The SMILES string of the molecule is CCCC(=O)Nc1cccc(SCC(=O)Nc2ccc3ccccc3c2)c1. The van der Waals surface area contributed by atoms with Crippen LogP contribution in [0.3, 0.4) is 0 Å². The second-order valence-corrected chi connectivity index (χ2v) is 7.27. The molecule has 0 radical (unpaired) electrons. The number of amides is 2. The fourth-order valence-corrected chi connectivity index (χ4v) is 3.48. The number of carbonyl (C=O) groups is 2. The molecule has 0 aliphatic heterocycles. The van der Waals surface area contributed by atoms with E-state index in [1.54, 1.807) is 0 Å². The highest BCUT2D eigenvalue weighted by molar-refractivity contribution is 8.00. The van der Waals surface area contributed by atoms with Crippen LogP contribution in [-0.4, -0.2) is 17.6 Å². The molecule has 0 fully saturated rings. The van der Waals surface area contributed by atoms with Gasteiger partial charge in [0.25, 0.3) is 0 Å². The molecule has 0 aromatic heterocycles. The molecule has 0 heterocycles. The van der Waals surface area contributed by atoms with Gasteiger partial charge in [-0.25, -0.2) is 0 Å². The first-order valence-corrected chi connectivity index (χ1v) is 9.94. The van der Waals surface area contributed by atoms with Crippen LogP contribution >= 0.6 is 11.8 Å². The van der Waals surface area contributed by atoms with Gasteiger partial charge in [-0.2, -0.15) is 0 Å². The van der Waals surface area contributed by atoms with E-state index in [2.05, 4.69) is 10.6 Å². The maximum atomic E-state index is 12.3. The summed E-state index contributed by atoms with van der Waals surface area (Å²) in [6.07, 6.45) is 1.32. The van der Waals surface area contributed by atoms with Crippen LogP contribution in [0.1, 0.15) is 19.8 Å². The van der Waals surface area contributed by atoms with Gasteiger partial charge in [-0.15, -0.1) is 11.8 Å². The average Bonchev–Trinajstić information content (AvgIpc) is 2.67. The Morgan fingerprint density at radius 2 is 1.56 bits per heavy atom. The van der Waals surface area contributed by atoms with Crippen molar-refractivity contribution >= 4 is 45.7 Å². The van der Waals surface area contributed by atoms with Gasteiger partial charge in [0.2, 0.25) is 11.8 Å². The molecule has 3 aromatic carbocycles. The lowest BCUT2D eigenvalue weighted by molar-refractivity contribution is -0.116. The van der Waals surface area contributed by atoms with Gasteiger partial charge in [0.15, 0.2) is 0 Å². The lowest BCUT2D eigenvalue weighted by atomic mass is 10.1. The van der Waals surface area contributed by atoms with E-state index < -0.39 is 0 Å². The van der Waals surface area contributed by atoms with Crippen molar-refractivity contribution in [1.29, 1.82) is 0 Å². The third-order valence-electron chi connectivity index (χ3n) is 4.00. The van der Waals surface area contributed by atoms with Crippen LogP contribution < -0.4 is 10.6 Å². The van der Waals surface area contributed by atoms with E-state index in [0.717, 1.165) is 33.5 Å². The normalized spacial score (nSPS) is 10.6. The van der Waals surface area contributed by atoms with E-state index in [1.807, 2.05) is 73.7 Å². The fraction of sp³-hybridized carbons (Fsp3) is 0.182. The van der Waals surface area contributed by atoms with E-state index in [-0.39, 0.29) is 11.8 Å². The van der Waals surface area contributed by atoms with Gasteiger partial charge >= 0.3 is 0 Å². The number of hydrogen-bond donors (Lipinski definition) is 2. The summed E-state index contributed by atoms with van der Waals surface area (Å²) in [6, 6.07) is 21.5. The monoisotopic (exact) mass is 378 g/mol. The molecule has 5 heteroatoms. The zero-order valence-electron chi connectivity index (χ0n) is 15.2. The van der Waals surface area contributed by atoms with Crippen molar-refractivity contribution in [1.82, 2.24) is 0 Å². The molecule has 0 atom stereocenters. The summed E-state index contributed by atoms with van der Waals surface area (Å²) in [5.74, 6) is 0.253. The molecular weight excluding hydrogens is 356 g/mol. The lowest BCUT2D eigenvalue weighted by Gasteiger charge is -2.08. The second-order valence-electron chi connectivity index (χ2n) is 6.22. The third-order valence-corrected chi connectivity index (χ3v) is 4.99. The summed E-state index contributed by atoms with van der Waals surface area (Å²) < 4.78 is 0. The van der Waals surface area contributed by atoms with Gasteiger partial charge in [-0.1, -0.05) is 43.3 Å². The van der Waals surface area contributed by atoms with Crippen molar-refractivity contribution in [3.63, 3.8) is 0 Å². The number of fused-ring (bicyclic) bond motifs is 1. The standard InChI is InChI=1S/C22H22N2O2S/c1-2-6-21(25)23-18-9-5-10-20(14-18)27-15-22(26)24-19-12-11-16-7-3-4-8-17(16)13-19/h3-5,7-14H,2,6,15H2,1H3,(H,23,25)(H,24,26). The summed E-state index contributed by atoms with van der Waals surface area (Å²) in [7, 11) is 0. The topological polar surface area (TPSA) is 58.2 Å². The Balaban J connectivity index is 1.56. The van der Waals surface area contributed by atoms with Crippen LogP contribution in [0.5, 0.6) is 0 Å². The summed E-state index contributed by atoms with van der Waals surface area (Å²) >= 11 is 1.44. The van der Waals surface area contributed by atoms with Gasteiger partial charge in [0.05, 0.1) is 5.75 Å². The summed E-state index contributed by atoms with van der Waals surface area (Å²) in [4.78, 5) is 24.9. The maximum Gasteiger partial charge on any atom is 0.234 e. The van der Waals surface area contributed by atoms with Crippen LogP contribution in [0.2, 0.25) is 0 Å². The van der Waals surface area contributed by atoms with E-state index in [4.69, 9.17) is 0 Å². The smallest absolute Gasteiger partial charge is 0.234 e. The molecule has 0 saturated heterocycles. The fourth-order valence-electron chi connectivity index (χ4n) is 2.73. The van der Waals surface area contributed by atoms with Crippen molar-refractivity contribution in [3.05, 3.63) is 66.7 Å². The van der Waals surface area contributed by atoms with Gasteiger partial charge in [0.1, 0.15) is 0 Å². The van der Waals surface area contributed by atoms with Crippen LogP contribution in [0.4, 0.5) is 11.4 Å². The minimum absolute atomic E-state index is 0.00805. The molecule has 27 heavy (non-hydrogen) atoms. The highest BCUT2D eigenvalue weighted by atomic mass is 32.2. The second kappa shape index (κ2) is 9.24. The molecule has 0 saturated carbocycles. The number of benzene rings is 3. The Kier molecular flexibility index (Phi) is 6.49. The largest absolute Gasteiger partial charge is 0.326 e. The van der Waals surface area contributed by atoms with E-state index >= 15 is 0 Å². The predicted molar refractivity (Wildman–Crippen MR) is 113 cm³/mol. The molecule has 0 unspecified atom stereocenters. The average molecular weight is 378 g/mol. The van der Waals surface area contributed by atoms with Crippen molar-refractivity contribution in [2.24, 2.45) is 0 Å². The molecule has 0 aliphatic carbocycles. The Bertz CT molecular complexity index is 956. The van der Waals surface area contributed by atoms with Gasteiger partial charge in [0, 0.05) is 22.7 Å². The number of thioether (sulfide) groups is 1. The first kappa shape index (κ1) is 19.0. The highest BCUT2D eigenvalue weighted by Crippen LogP contribution is 2.23. The highest BCUT2D eigenvalue weighted by Gasteiger charge is 2.06. The van der Waals surface area contributed by atoms with Gasteiger partial charge in [-0.05, 0) is 47.5 Å². The molecule has 3 rings (SSSR count). The number of hydrogen-bond acceptors (Lipinski definition) is 3. The molecule has 2 N–H and O–H groups in total. The maximum absolute atomic E-state index is 12.3. The zero-order valence-corrected chi connectivity index (χ0v) is 16.0. The predicted octanol–water partition coefficient (Wildman–Crippen LogP) is 5.31. The molecule has 4 nitrogen and oxygen atoms in total. The zero-order chi connectivity index (χ0) is 19.1. The molecule has 2 amide bonds.